The summed E-state index contributed by atoms with van der Waals surface area (Å²) in [5.74, 6) is -3.10. The lowest BCUT2D eigenvalue weighted by Gasteiger charge is -2.24. The Morgan fingerprint density at radius 2 is 1.48 bits per heavy atom. The maximum Gasteiger partial charge on any atom is 0.326 e. The number of para-hydroxylation sites is 1. The van der Waals surface area contributed by atoms with Crippen molar-refractivity contribution in [1.82, 2.24) is 26.3 Å². The van der Waals surface area contributed by atoms with Crippen molar-refractivity contribution in [2.24, 2.45) is 32.9 Å². The molecular formula is C28H45N11O5. The minimum atomic E-state index is -1.23. The van der Waals surface area contributed by atoms with Crippen LogP contribution in [0.25, 0.3) is 10.9 Å². The smallest absolute Gasteiger partial charge is 0.326 e. The minimum absolute atomic E-state index is 0.0295. The number of hydrogen-bond acceptors (Lipinski definition) is 7. The van der Waals surface area contributed by atoms with E-state index in [-0.39, 0.29) is 37.3 Å². The zero-order valence-electron chi connectivity index (χ0n) is 25.1. The van der Waals surface area contributed by atoms with Gasteiger partial charge >= 0.3 is 5.97 Å². The average Bonchev–Trinajstić information content (AvgIpc) is 3.36. The van der Waals surface area contributed by atoms with Gasteiger partial charge in [-0.3, -0.25) is 24.4 Å². The number of hydrogen-bond donors (Lipinski definition) is 10. The van der Waals surface area contributed by atoms with Gasteiger partial charge < -0.3 is 54.3 Å². The van der Waals surface area contributed by atoms with Crippen LogP contribution in [0.1, 0.15) is 45.1 Å². The van der Waals surface area contributed by atoms with Crippen molar-refractivity contribution in [1.29, 1.82) is 0 Å². The molecule has 0 unspecified atom stereocenters. The van der Waals surface area contributed by atoms with E-state index < -0.39 is 48.4 Å². The van der Waals surface area contributed by atoms with Gasteiger partial charge in [0.25, 0.3) is 0 Å². The Bertz CT molecular complexity index is 1320. The van der Waals surface area contributed by atoms with Gasteiger partial charge in [-0.15, -0.1) is 0 Å². The Labute approximate surface area is 255 Å². The molecule has 0 saturated carbocycles. The van der Waals surface area contributed by atoms with Crippen molar-refractivity contribution < 1.29 is 24.3 Å². The van der Waals surface area contributed by atoms with Gasteiger partial charge in [0.1, 0.15) is 12.1 Å². The average molecular weight is 616 g/mol. The Balaban J connectivity index is 2.04. The highest BCUT2D eigenvalue weighted by Crippen LogP contribution is 2.19. The zero-order valence-corrected chi connectivity index (χ0v) is 25.1. The molecule has 1 aromatic carbocycles. The van der Waals surface area contributed by atoms with Gasteiger partial charge in [0.2, 0.25) is 17.7 Å². The lowest BCUT2D eigenvalue weighted by Crippen LogP contribution is -2.55. The van der Waals surface area contributed by atoms with Crippen molar-refractivity contribution in [2.45, 2.75) is 70.1 Å². The molecule has 44 heavy (non-hydrogen) atoms. The normalized spacial score (nSPS) is 13.0. The molecule has 3 amide bonds. The number of aliphatic imine (C=N–C) groups is 2. The first kappa shape index (κ1) is 35.3. The number of aliphatic carboxylic acids is 1. The highest BCUT2D eigenvalue weighted by molar-refractivity contribution is 5.93. The molecule has 0 aliphatic heterocycles. The largest absolute Gasteiger partial charge is 0.480 e. The van der Waals surface area contributed by atoms with Crippen LogP contribution < -0.4 is 44.2 Å². The van der Waals surface area contributed by atoms with Crippen LogP contribution >= 0.6 is 0 Å². The molecule has 0 saturated heterocycles. The number of amides is 3. The number of H-pyrrole nitrogens is 1. The summed E-state index contributed by atoms with van der Waals surface area (Å²) in [5, 5.41) is 21.5. The highest BCUT2D eigenvalue weighted by atomic mass is 16.4. The fourth-order valence-corrected chi connectivity index (χ4v) is 4.50. The number of aromatic nitrogens is 1. The predicted molar refractivity (Wildman–Crippen MR) is 168 cm³/mol. The molecule has 1 aromatic heterocycles. The van der Waals surface area contributed by atoms with Crippen molar-refractivity contribution in [3.63, 3.8) is 0 Å². The van der Waals surface area contributed by atoms with Crippen LogP contribution in [0.5, 0.6) is 0 Å². The summed E-state index contributed by atoms with van der Waals surface area (Å²) in [6.07, 6.45) is 3.19. The number of nitrogens with zero attached hydrogens (tertiary/aromatic N) is 2. The lowest BCUT2D eigenvalue weighted by molar-refractivity contribution is -0.141. The fourth-order valence-electron chi connectivity index (χ4n) is 4.50. The third-order valence-corrected chi connectivity index (χ3v) is 6.53. The summed E-state index contributed by atoms with van der Waals surface area (Å²) in [6.45, 7) is 3.83. The van der Waals surface area contributed by atoms with E-state index in [0.717, 1.165) is 16.5 Å². The van der Waals surface area contributed by atoms with E-state index >= 15 is 0 Å². The van der Waals surface area contributed by atoms with E-state index in [1.54, 1.807) is 6.20 Å². The zero-order chi connectivity index (χ0) is 32.6. The summed E-state index contributed by atoms with van der Waals surface area (Å²) in [4.78, 5) is 61.9. The van der Waals surface area contributed by atoms with Gasteiger partial charge in [-0.2, -0.15) is 0 Å². The molecule has 2 aromatic rings. The van der Waals surface area contributed by atoms with Crippen molar-refractivity contribution in [3.8, 4) is 0 Å². The molecule has 0 bridgehead atoms. The first-order valence-corrected chi connectivity index (χ1v) is 14.4. The number of aromatic amines is 1. The summed E-state index contributed by atoms with van der Waals surface area (Å²) in [6, 6.07) is 4.51. The monoisotopic (exact) mass is 615 g/mol. The Morgan fingerprint density at radius 1 is 0.864 bits per heavy atom. The van der Waals surface area contributed by atoms with E-state index in [1.165, 1.54) is 0 Å². The molecule has 0 aliphatic rings. The molecule has 0 fully saturated rings. The maximum atomic E-state index is 13.2. The van der Waals surface area contributed by atoms with Crippen LogP contribution in [-0.4, -0.2) is 89.5 Å². The Morgan fingerprint density at radius 3 is 2.07 bits per heavy atom. The number of carboxylic acids is 1. The van der Waals surface area contributed by atoms with Crippen LogP contribution in [0.15, 0.2) is 40.4 Å². The second kappa shape index (κ2) is 17.9. The number of carboxylic acid groups (broad SMARTS) is 1. The molecule has 3 atom stereocenters. The van der Waals surface area contributed by atoms with Gasteiger partial charge in [-0.05, 0) is 37.3 Å². The van der Waals surface area contributed by atoms with Gasteiger partial charge in [-0.25, -0.2) is 4.79 Å². The molecule has 2 rings (SSSR count). The Hall–Kier alpha value is -4.86. The van der Waals surface area contributed by atoms with Crippen LogP contribution in [0.2, 0.25) is 0 Å². The number of carbonyl (C=O) groups is 4. The number of rotatable bonds is 19. The molecule has 242 valence electrons. The topological polar surface area (TPSA) is 281 Å². The van der Waals surface area contributed by atoms with Gasteiger partial charge in [-0.1, -0.05) is 32.0 Å². The first-order chi connectivity index (χ1) is 20.9. The maximum absolute atomic E-state index is 13.2. The van der Waals surface area contributed by atoms with Gasteiger partial charge in [0.15, 0.2) is 11.9 Å². The molecule has 16 heteroatoms. The number of fused-ring (bicyclic) bond motifs is 1. The van der Waals surface area contributed by atoms with Gasteiger partial charge in [0.05, 0.1) is 12.6 Å². The third-order valence-electron chi connectivity index (χ3n) is 6.53. The number of nitrogens with two attached hydrogens (primary N) is 4. The fraction of sp³-hybridized carbons (Fsp3) is 0.500. The van der Waals surface area contributed by atoms with Gasteiger partial charge in [0, 0.05) is 42.7 Å². The van der Waals surface area contributed by atoms with E-state index in [2.05, 4.69) is 36.2 Å². The van der Waals surface area contributed by atoms with Crippen LogP contribution in [0.3, 0.4) is 0 Å². The Kier molecular flexibility index (Phi) is 14.4. The lowest BCUT2D eigenvalue weighted by atomic mass is 10.0. The van der Waals surface area contributed by atoms with Crippen LogP contribution in [0.4, 0.5) is 0 Å². The molecule has 0 radical (unpaired) electrons. The molecule has 0 spiro atoms. The van der Waals surface area contributed by atoms with E-state index in [0.29, 0.717) is 25.8 Å². The predicted octanol–water partition coefficient (Wildman–Crippen LogP) is -1.65. The quantitative estimate of drug-likeness (QED) is 0.0488. The number of carbonyl (C=O) groups excluding carboxylic acids is 3. The number of guanidine groups is 2. The molecule has 14 N–H and O–H groups in total. The van der Waals surface area contributed by atoms with Crippen molar-refractivity contribution in [2.75, 3.05) is 19.6 Å². The second-order valence-corrected chi connectivity index (χ2v) is 10.6. The van der Waals surface area contributed by atoms with E-state index in [9.17, 15) is 24.3 Å². The van der Waals surface area contributed by atoms with Crippen molar-refractivity contribution in [3.05, 3.63) is 36.0 Å². The van der Waals surface area contributed by atoms with Crippen molar-refractivity contribution >= 4 is 46.5 Å². The summed E-state index contributed by atoms with van der Waals surface area (Å²) in [7, 11) is 0. The first-order valence-electron chi connectivity index (χ1n) is 14.4. The van der Waals surface area contributed by atoms with Crippen LogP contribution in [0, 0.1) is 0 Å². The summed E-state index contributed by atoms with van der Waals surface area (Å²) >= 11 is 0. The minimum Gasteiger partial charge on any atom is -0.480 e. The highest BCUT2D eigenvalue weighted by Gasteiger charge is 2.27. The van der Waals surface area contributed by atoms with E-state index in [1.807, 2.05) is 38.1 Å². The second-order valence-electron chi connectivity index (χ2n) is 10.6. The number of nitrogens with one attached hydrogen (secondary N) is 5. The number of benzene rings is 1. The third kappa shape index (κ3) is 12.6. The molecule has 0 aliphatic carbocycles. The SMILES string of the molecule is CC(C)N[C@@H](CCCN=C(N)N)C(=O)N[C@@H](CCCN=C(N)N)C(=O)NCC(=O)N[C@@H](Cc1c[nH]c2ccccc12)C(=O)O. The molecule has 16 nitrogen and oxygen atoms in total. The molecule has 1 heterocycles. The van der Waals surface area contributed by atoms with E-state index in [4.69, 9.17) is 22.9 Å². The van der Waals surface area contributed by atoms with Crippen LogP contribution in [-0.2, 0) is 25.6 Å². The summed E-state index contributed by atoms with van der Waals surface area (Å²) in [5.41, 5.74) is 23.1. The summed E-state index contributed by atoms with van der Waals surface area (Å²) < 4.78 is 0. The molecular weight excluding hydrogens is 570 g/mol. The standard InChI is InChI=1S/C28H45N11O5/c1-16(2)37-21(10-6-12-34-28(31)32)25(42)39-20(9-5-11-33-27(29)30)24(41)36-15-23(40)38-22(26(43)44)13-17-14-35-19-8-4-3-7-18(17)19/h3-4,7-8,14,16,20-22,35,37H,5-6,9-13,15H2,1-2H3,(H,36,41)(H,38,40)(H,39,42)(H,43,44)(H4,29,30,33)(H4,31,32,34)/t20-,21-,22-/m0/s1.